The maximum absolute atomic E-state index is 10.6. The van der Waals surface area contributed by atoms with Crippen molar-refractivity contribution in [2.75, 3.05) is 5.32 Å². The van der Waals surface area contributed by atoms with Crippen molar-refractivity contribution in [3.63, 3.8) is 0 Å². The quantitative estimate of drug-likeness (QED) is 0.599. The fourth-order valence-corrected chi connectivity index (χ4v) is 2.25. The van der Waals surface area contributed by atoms with Gasteiger partial charge in [-0.3, -0.25) is 0 Å². The number of rotatable bonds is 4. The van der Waals surface area contributed by atoms with Crippen molar-refractivity contribution in [2.24, 2.45) is 5.18 Å². The van der Waals surface area contributed by atoms with Crippen LogP contribution in [0.15, 0.2) is 84.0 Å². The Kier molecular flexibility index (Phi) is 6.72. The van der Waals surface area contributed by atoms with Crippen LogP contribution in [0.25, 0.3) is 0 Å². The van der Waals surface area contributed by atoms with E-state index in [-0.39, 0.29) is 0 Å². The molecule has 0 aliphatic rings. The molecule has 0 heterocycles. The summed E-state index contributed by atoms with van der Waals surface area (Å²) in [6.07, 6.45) is 0. The lowest BCUT2D eigenvalue weighted by atomic mass is 10.1. The van der Waals surface area contributed by atoms with E-state index in [0.717, 1.165) is 11.3 Å². The van der Waals surface area contributed by atoms with Gasteiger partial charge in [0.05, 0.1) is 0 Å². The van der Waals surface area contributed by atoms with Gasteiger partial charge < -0.3 is 5.32 Å². The Morgan fingerprint density at radius 3 is 2.04 bits per heavy atom. The van der Waals surface area contributed by atoms with Gasteiger partial charge in [0, 0.05) is 17.8 Å². The first kappa shape index (κ1) is 17.4. The van der Waals surface area contributed by atoms with Crippen LogP contribution in [0.2, 0.25) is 0 Å². The van der Waals surface area contributed by atoms with Gasteiger partial charge in [0.25, 0.3) is 0 Å². The number of nitrogens with zero attached hydrogens (tertiary/aromatic N) is 1. The van der Waals surface area contributed by atoms with Crippen LogP contribution in [0.4, 0.5) is 11.4 Å². The standard InChI is InChI=1S/C14H14N2O.C7H8/c1-11-6-2-4-8-13(11)15-10-12-7-3-5-9-14(12)16-17;1-7-5-3-2-4-6-7/h2-9,15H,10H2,1H3;2-6H,1H3. The zero-order valence-corrected chi connectivity index (χ0v) is 14.1. The van der Waals surface area contributed by atoms with Crippen molar-refractivity contribution < 1.29 is 0 Å². The van der Waals surface area contributed by atoms with Crippen LogP contribution in [0, 0.1) is 18.8 Å². The zero-order chi connectivity index (χ0) is 17.2. The third-order valence-corrected chi connectivity index (χ3v) is 3.64. The van der Waals surface area contributed by atoms with E-state index in [1.54, 1.807) is 6.07 Å². The van der Waals surface area contributed by atoms with Gasteiger partial charge in [-0.1, -0.05) is 72.3 Å². The van der Waals surface area contributed by atoms with Gasteiger partial charge in [0.1, 0.15) is 5.69 Å². The third-order valence-electron chi connectivity index (χ3n) is 3.64. The van der Waals surface area contributed by atoms with Gasteiger partial charge in [0.15, 0.2) is 0 Å². The van der Waals surface area contributed by atoms with Crippen molar-refractivity contribution in [1.82, 2.24) is 0 Å². The Hall–Kier alpha value is -2.94. The lowest BCUT2D eigenvalue weighted by molar-refractivity contribution is 1.13. The van der Waals surface area contributed by atoms with Gasteiger partial charge in [0.2, 0.25) is 0 Å². The van der Waals surface area contributed by atoms with Crippen LogP contribution in [0.3, 0.4) is 0 Å². The second-order valence-corrected chi connectivity index (χ2v) is 5.54. The summed E-state index contributed by atoms with van der Waals surface area (Å²) in [4.78, 5) is 10.6. The molecule has 3 rings (SSSR count). The van der Waals surface area contributed by atoms with Crippen molar-refractivity contribution in [3.05, 3.63) is 100 Å². The number of aryl methyl sites for hydroxylation is 2. The number of nitrogens with one attached hydrogen (secondary N) is 1. The van der Waals surface area contributed by atoms with E-state index >= 15 is 0 Å². The first-order valence-corrected chi connectivity index (χ1v) is 7.93. The van der Waals surface area contributed by atoms with E-state index in [0.29, 0.717) is 12.2 Å². The van der Waals surface area contributed by atoms with Gasteiger partial charge in [-0.25, -0.2) is 0 Å². The molecule has 3 heteroatoms. The fraction of sp³-hybridized carbons (Fsp3) is 0.143. The molecular weight excluding hydrogens is 296 g/mol. The summed E-state index contributed by atoms with van der Waals surface area (Å²) in [5, 5.41) is 6.32. The van der Waals surface area contributed by atoms with Crippen molar-refractivity contribution in [1.29, 1.82) is 0 Å². The highest BCUT2D eigenvalue weighted by Gasteiger charge is 2.02. The normalized spacial score (nSPS) is 9.58. The Morgan fingerprint density at radius 2 is 1.42 bits per heavy atom. The molecule has 0 bridgehead atoms. The molecule has 0 aromatic heterocycles. The lowest BCUT2D eigenvalue weighted by Crippen LogP contribution is -2.00. The van der Waals surface area contributed by atoms with Gasteiger partial charge >= 0.3 is 0 Å². The predicted molar refractivity (Wildman–Crippen MR) is 102 cm³/mol. The highest BCUT2D eigenvalue weighted by Crippen LogP contribution is 2.20. The van der Waals surface area contributed by atoms with E-state index in [1.165, 1.54) is 11.1 Å². The van der Waals surface area contributed by atoms with E-state index < -0.39 is 0 Å². The molecular formula is C21H22N2O. The third kappa shape index (κ3) is 5.36. The minimum Gasteiger partial charge on any atom is -0.381 e. The Morgan fingerprint density at radius 1 is 0.792 bits per heavy atom. The first-order chi connectivity index (χ1) is 11.7. The Bertz CT molecular complexity index is 770. The minimum atomic E-state index is 0.494. The number of nitroso groups, excluding NO2 is 1. The second kappa shape index (κ2) is 9.26. The highest BCUT2D eigenvalue weighted by atomic mass is 16.3. The summed E-state index contributed by atoms with van der Waals surface area (Å²) in [5.74, 6) is 0. The van der Waals surface area contributed by atoms with Crippen LogP contribution in [0.5, 0.6) is 0 Å². The molecule has 0 spiro atoms. The molecule has 3 aromatic rings. The smallest absolute Gasteiger partial charge is 0.112 e. The molecule has 122 valence electrons. The van der Waals surface area contributed by atoms with Crippen molar-refractivity contribution >= 4 is 11.4 Å². The molecule has 0 unspecified atom stereocenters. The average molecular weight is 318 g/mol. The summed E-state index contributed by atoms with van der Waals surface area (Å²) in [6.45, 7) is 4.74. The summed E-state index contributed by atoms with van der Waals surface area (Å²) < 4.78 is 0. The molecule has 0 atom stereocenters. The van der Waals surface area contributed by atoms with Gasteiger partial charge in [-0.05, 0) is 36.7 Å². The summed E-state index contributed by atoms with van der Waals surface area (Å²) >= 11 is 0. The molecule has 1 N–H and O–H groups in total. The van der Waals surface area contributed by atoms with Crippen LogP contribution in [-0.2, 0) is 6.54 Å². The minimum absolute atomic E-state index is 0.494. The second-order valence-electron chi connectivity index (χ2n) is 5.54. The number of hydrogen-bond acceptors (Lipinski definition) is 3. The highest BCUT2D eigenvalue weighted by molar-refractivity contribution is 5.53. The molecule has 24 heavy (non-hydrogen) atoms. The van der Waals surface area contributed by atoms with E-state index in [2.05, 4.69) is 29.6 Å². The topological polar surface area (TPSA) is 41.5 Å². The molecule has 0 fully saturated rings. The first-order valence-electron chi connectivity index (χ1n) is 7.93. The Balaban J connectivity index is 0.000000249. The molecule has 3 aromatic carbocycles. The number of anilines is 1. The monoisotopic (exact) mass is 318 g/mol. The molecule has 0 saturated heterocycles. The van der Waals surface area contributed by atoms with Crippen molar-refractivity contribution in [2.45, 2.75) is 20.4 Å². The maximum Gasteiger partial charge on any atom is 0.112 e. The van der Waals surface area contributed by atoms with E-state index in [1.807, 2.05) is 67.6 Å². The van der Waals surface area contributed by atoms with E-state index in [9.17, 15) is 4.91 Å². The number of benzene rings is 3. The van der Waals surface area contributed by atoms with Crippen LogP contribution in [0.1, 0.15) is 16.7 Å². The maximum atomic E-state index is 10.6. The molecule has 0 aliphatic heterocycles. The molecule has 0 amide bonds. The molecule has 3 nitrogen and oxygen atoms in total. The zero-order valence-electron chi connectivity index (χ0n) is 14.1. The molecule has 0 radical (unpaired) electrons. The number of hydrogen-bond donors (Lipinski definition) is 1. The summed E-state index contributed by atoms with van der Waals surface area (Å²) in [6, 6.07) is 25.7. The lowest BCUT2D eigenvalue weighted by Gasteiger charge is -2.09. The molecule has 0 saturated carbocycles. The fourth-order valence-electron chi connectivity index (χ4n) is 2.25. The van der Waals surface area contributed by atoms with Crippen LogP contribution < -0.4 is 5.32 Å². The SMILES string of the molecule is Cc1ccccc1.Cc1ccccc1NCc1ccccc1N=O. The van der Waals surface area contributed by atoms with Crippen LogP contribution >= 0.6 is 0 Å². The Labute approximate surface area is 143 Å². The molecule has 0 aliphatic carbocycles. The predicted octanol–water partition coefficient (Wildman–Crippen LogP) is 6.00. The van der Waals surface area contributed by atoms with Gasteiger partial charge in [-0.15, -0.1) is 4.91 Å². The largest absolute Gasteiger partial charge is 0.381 e. The van der Waals surface area contributed by atoms with E-state index in [4.69, 9.17) is 0 Å². The van der Waals surface area contributed by atoms with Crippen LogP contribution in [-0.4, -0.2) is 0 Å². The number of para-hydroxylation sites is 1. The average Bonchev–Trinajstić information content (AvgIpc) is 2.62. The van der Waals surface area contributed by atoms with Gasteiger partial charge in [-0.2, -0.15) is 0 Å². The summed E-state index contributed by atoms with van der Waals surface area (Å²) in [7, 11) is 0. The summed E-state index contributed by atoms with van der Waals surface area (Å²) in [5.41, 5.74) is 4.99. The van der Waals surface area contributed by atoms with Crippen molar-refractivity contribution in [3.8, 4) is 0 Å².